The fraction of sp³-hybridized carbons (Fsp3) is 0.583. The Morgan fingerprint density at radius 2 is 2.21 bits per heavy atom. The standard InChI is InChI=1S/C12H15Cl2N3O2/c1-12(19-2)4-3-5-17(7-12)11(18)8-6-9(13)15-16-10(8)14/h6H,3-5,7H2,1-2H3. The lowest BCUT2D eigenvalue weighted by Gasteiger charge is -2.39. The monoisotopic (exact) mass is 303 g/mol. The number of likely N-dealkylation sites (tertiary alicyclic amines) is 1. The van der Waals surface area contributed by atoms with Crippen molar-refractivity contribution < 1.29 is 9.53 Å². The lowest BCUT2D eigenvalue weighted by molar-refractivity contribution is -0.0440. The molecule has 0 aromatic carbocycles. The molecule has 1 aromatic heterocycles. The average Bonchev–Trinajstić information content (AvgIpc) is 2.41. The molecule has 1 fully saturated rings. The van der Waals surface area contributed by atoms with Crippen LogP contribution < -0.4 is 0 Å². The molecule has 19 heavy (non-hydrogen) atoms. The second-order valence-corrected chi connectivity index (χ2v) is 5.60. The second kappa shape index (κ2) is 5.61. The fourth-order valence-corrected chi connectivity index (χ4v) is 2.54. The van der Waals surface area contributed by atoms with Crippen LogP contribution in [0.3, 0.4) is 0 Å². The first-order valence-corrected chi connectivity index (χ1v) is 6.74. The van der Waals surface area contributed by atoms with E-state index in [2.05, 4.69) is 10.2 Å². The molecule has 1 saturated heterocycles. The van der Waals surface area contributed by atoms with Crippen LogP contribution in [0.1, 0.15) is 30.1 Å². The lowest BCUT2D eigenvalue weighted by atomic mass is 9.94. The van der Waals surface area contributed by atoms with Crippen molar-refractivity contribution in [1.82, 2.24) is 15.1 Å². The molecule has 0 N–H and O–H groups in total. The van der Waals surface area contributed by atoms with E-state index < -0.39 is 0 Å². The number of methoxy groups -OCH3 is 1. The van der Waals surface area contributed by atoms with Gasteiger partial charge in [0.05, 0.1) is 11.2 Å². The molecule has 1 atom stereocenters. The van der Waals surface area contributed by atoms with E-state index in [4.69, 9.17) is 27.9 Å². The third kappa shape index (κ3) is 3.16. The van der Waals surface area contributed by atoms with Crippen LogP contribution in [-0.4, -0.2) is 46.8 Å². The number of aromatic nitrogens is 2. The van der Waals surface area contributed by atoms with Gasteiger partial charge in [0.1, 0.15) is 0 Å². The molecule has 2 rings (SSSR count). The molecule has 104 valence electrons. The Morgan fingerprint density at radius 3 is 2.89 bits per heavy atom. The van der Waals surface area contributed by atoms with Gasteiger partial charge in [-0.05, 0) is 25.8 Å². The number of nitrogens with zero attached hydrogens (tertiary/aromatic N) is 3. The number of halogens is 2. The average molecular weight is 304 g/mol. The van der Waals surface area contributed by atoms with E-state index in [0.29, 0.717) is 13.1 Å². The van der Waals surface area contributed by atoms with Gasteiger partial charge in [0, 0.05) is 20.2 Å². The smallest absolute Gasteiger partial charge is 0.257 e. The van der Waals surface area contributed by atoms with Gasteiger partial charge in [-0.25, -0.2) is 0 Å². The minimum Gasteiger partial charge on any atom is -0.377 e. The highest BCUT2D eigenvalue weighted by molar-refractivity contribution is 6.34. The van der Waals surface area contributed by atoms with Crippen molar-refractivity contribution in [1.29, 1.82) is 0 Å². The third-order valence-corrected chi connectivity index (χ3v) is 3.85. The van der Waals surface area contributed by atoms with Crippen molar-refractivity contribution in [2.75, 3.05) is 20.2 Å². The van der Waals surface area contributed by atoms with E-state index in [1.165, 1.54) is 6.07 Å². The molecule has 7 heteroatoms. The van der Waals surface area contributed by atoms with E-state index in [1.54, 1.807) is 12.0 Å². The summed E-state index contributed by atoms with van der Waals surface area (Å²) in [6, 6.07) is 1.44. The molecule has 1 aliphatic rings. The number of amides is 1. The third-order valence-electron chi connectivity index (χ3n) is 3.39. The maximum absolute atomic E-state index is 12.4. The molecule has 1 aliphatic heterocycles. The highest BCUT2D eigenvalue weighted by Crippen LogP contribution is 2.26. The van der Waals surface area contributed by atoms with Crippen molar-refractivity contribution in [3.63, 3.8) is 0 Å². The summed E-state index contributed by atoms with van der Waals surface area (Å²) in [6.45, 7) is 3.19. The maximum Gasteiger partial charge on any atom is 0.257 e. The van der Waals surface area contributed by atoms with Crippen molar-refractivity contribution in [2.24, 2.45) is 0 Å². The molecule has 1 aromatic rings. The fourth-order valence-electron chi connectivity index (χ4n) is 2.22. The molecule has 0 spiro atoms. The number of piperidine rings is 1. The van der Waals surface area contributed by atoms with Gasteiger partial charge < -0.3 is 9.64 Å². The Bertz CT molecular complexity index is 498. The molecule has 5 nitrogen and oxygen atoms in total. The van der Waals surface area contributed by atoms with E-state index in [0.717, 1.165) is 12.8 Å². The summed E-state index contributed by atoms with van der Waals surface area (Å²) >= 11 is 11.7. The predicted molar refractivity (Wildman–Crippen MR) is 72.6 cm³/mol. The molecular formula is C12H15Cl2N3O2. The van der Waals surface area contributed by atoms with Gasteiger partial charge in [-0.15, -0.1) is 10.2 Å². The summed E-state index contributed by atoms with van der Waals surface area (Å²) in [7, 11) is 1.66. The van der Waals surface area contributed by atoms with Gasteiger partial charge >= 0.3 is 0 Å². The number of carbonyl (C=O) groups excluding carboxylic acids is 1. The molecule has 1 amide bonds. The van der Waals surface area contributed by atoms with Crippen molar-refractivity contribution in [3.8, 4) is 0 Å². The Labute approximate surface area is 121 Å². The van der Waals surface area contributed by atoms with Crippen LogP contribution in [0.25, 0.3) is 0 Å². The largest absolute Gasteiger partial charge is 0.377 e. The van der Waals surface area contributed by atoms with Crippen LogP contribution >= 0.6 is 23.2 Å². The molecule has 0 aliphatic carbocycles. The summed E-state index contributed by atoms with van der Waals surface area (Å²) in [5, 5.41) is 7.48. The Hall–Kier alpha value is -0.910. The van der Waals surface area contributed by atoms with E-state index in [9.17, 15) is 4.79 Å². The molecule has 1 unspecified atom stereocenters. The number of carbonyl (C=O) groups is 1. The van der Waals surface area contributed by atoms with Crippen LogP contribution in [0.4, 0.5) is 0 Å². The van der Waals surface area contributed by atoms with Crippen molar-refractivity contribution in [3.05, 3.63) is 21.9 Å². The van der Waals surface area contributed by atoms with Crippen molar-refractivity contribution >= 4 is 29.1 Å². The van der Waals surface area contributed by atoms with Crippen LogP contribution in [0.2, 0.25) is 10.3 Å². The highest BCUT2D eigenvalue weighted by Gasteiger charge is 2.34. The van der Waals surface area contributed by atoms with Gasteiger partial charge in [0.25, 0.3) is 5.91 Å². The van der Waals surface area contributed by atoms with Crippen LogP contribution in [0, 0.1) is 0 Å². The zero-order chi connectivity index (χ0) is 14.0. The zero-order valence-corrected chi connectivity index (χ0v) is 12.3. The van der Waals surface area contributed by atoms with Crippen LogP contribution in [-0.2, 0) is 4.74 Å². The summed E-state index contributed by atoms with van der Waals surface area (Å²) in [5.74, 6) is -0.190. The molecule has 0 bridgehead atoms. The number of ether oxygens (including phenoxy) is 1. The Morgan fingerprint density at radius 1 is 1.47 bits per heavy atom. The normalized spacial score (nSPS) is 23.5. The Balaban J connectivity index is 2.22. The van der Waals surface area contributed by atoms with E-state index in [1.807, 2.05) is 6.92 Å². The van der Waals surface area contributed by atoms with Gasteiger partial charge in [0.2, 0.25) is 0 Å². The summed E-state index contributed by atoms with van der Waals surface area (Å²) in [5.41, 5.74) is -0.0352. The van der Waals surface area contributed by atoms with E-state index >= 15 is 0 Å². The highest BCUT2D eigenvalue weighted by atomic mass is 35.5. The molecular weight excluding hydrogens is 289 g/mol. The van der Waals surface area contributed by atoms with Crippen LogP contribution in [0.5, 0.6) is 0 Å². The van der Waals surface area contributed by atoms with Gasteiger partial charge in [-0.1, -0.05) is 23.2 Å². The molecule has 0 radical (unpaired) electrons. The van der Waals surface area contributed by atoms with Crippen molar-refractivity contribution in [2.45, 2.75) is 25.4 Å². The zero-order valence-electron chi connectivity index (χ0n) is 10.8. The van der Waals surface area contributed by atoms with Gasteiger partial charge in [0.15, 0.2) is 10.3 Å². The summed E-state index contributed by atoms with van der Waals surface area (Å²) in [6.07, 6.45) is 1.82. The first-order valence-electron chi connectivity index (χ1n) is 5.98. The quantitative estimate of drug-likeness (QED) is 0.842. The minimum absolute atomic E-state index is 0.0686. The van der Waals surface area contributed by atoms with Gasteiger partial charge in [-0.2, -0.15) is 0 Å². The lowest BCUT2D eigenvalue weighted by Crippen LogP contribution is -2.49. The van der Waals surface area contributed by atoms with E-state index in [-0.39, 0.29) is 27.4 Å². The minimum atomic E-state index is -0.315. The van der Waals surface area contributed by atoms with Crippen LogP contribution in [0.15, 0.2) is 6.07 Å². The topological polar surface area (TPSA) is 55.3 Å². The summed E-state index contributed by atoms with van der Waals surface area (Å²) < 4.78 is 5.47. The number of hydrogen-bond donors (Lipinski definition) is 0. The molecule has 0 saturated carbocycles. The second-order valence-electron chi connectivity index (χ2n) is 4.86. The Kier molecular flexibility index (Phi) is 4.28. The maximum atomic E-state index is 12.4. The number of hydrogen-bond acceptors (Lipinski definition) is 4. The molecule has 2 heterocycles. The SMILES string of the molecule is COC1(C)CCCN(C(=O)c2cc(Cl)nnc2Cl)C1. The summed E-state index contributed by atoms with van der Waals surface area (Å²) in [4.78, 5) is 14.2. The predicted octanol–water partition coefficient (Wildman–Crippen LogP) is 2.42. The first kappa shape index (κ1) is 14.5. The first-order chi connectivity index (χ1) is 8.95. The number of rotatable bonds is 2. The van der Waals surface area contributed by atoms with Gasteiger partial charge in [-0.3, -0.25) is 4.79 Å².